The Morgan fingerprint density at radius 3 is 2.33 bits per heavy atom. The predicted molar refractivity (Wildman–Crippen MR) is 89.9 cm³/mol. The van der Waals surface area contributed by atoms with Gasteiger partial charge in [-0.3, -0.25) is 0 Å². The minimum atomic E-state index is 0.538. The van der Waals surface area contributed by atoms with Gasteiger partial charge in [0, 0.05) is 11.6 Å². The second kappa shape index (κ2) is 6.99. The molecule has 1 saturated carbocycles. The van der Waals surface area contributed by atoms with Crippen LogP contribution in [-0.4, -0.2) is 9.97 Å². The standard InChI is InChI=1S/C18H22N2S/c21-17-13-16(14-9-7-4-8-10-14)19-18(20-17)15-11-5-2-1-3-6-12-15/h4,7-10,13,15H,1-3,5-6,11-12H2,(H,19,20,21). The minimum absolute atomic E-state index is 0.538. The zero-order valence-corrected chi connectivity index (χ0v) is 13.2. The van der Waals surface area contributed by atoms with Crippen LogP contribution in [0.25, 0.3) is 11.3 Å². The van der Waals surface area contributed by atoms with Crippen molar-refractivity contribution in [1.82, 2.24) is 9.97 Å². The van der Waals surface area contributed by atoms with Crippen molar-refractivity contribution in [2.24, 2.45) is 0 Å². The van der Waals surface area contributed by atoms with Crippen LogP contribution in [0.15, 0.2) is 36.4 Å². The lowest BCUT2D eigenvalue weighted by atomic mass is 9.90. The highest BCUT2D eigenvalue weighted by molar-refractivity contribution is 7.71. The maximum Gasteiger partial charge on any atom is 0.130 e. The number of rotatable bonds is 2. The SMILES string of the molecule is S=c1cc(-c2ccccc2)[nH]c(C2CCCCCCC2)n1. The van der Waals surface area contributed by atoms with Crippen LogP contribution in [0.3, 0.4) is 0 Å². The van der Waals surface area contributed by atoms with Crippen molar-refractivity contribution >= 4 is 12.2 Å². The van der Waals surface area contributed by atoms with Crippen molar-refractivity contribution in [2.45, 2.75) is 50.9 Å². The molecule has 0 radical (unpaired) electrons. The summed E-state index contributed by atoms with van der Waals surface area (Å²) in [6, 6.07) is 12.3. The molecular weight excluding hydrogens is 276 g/mol. The molecule has 1 aromatic heterocycles. The number of aromatic nitrogens is 2. The molecule has 1 fully saturated rings. The molecular formula is C18H22N2S. The van der Waals surface area contributed by atoms with Gasteiger partial charge in [0.15, 0.2) is 0 Å². The first-order valence-corrected chi connectivity index (χ1v) is 8.40. The van der Waals surface area contributed by atoms with Gasteiger partial charge in [-0.05, 0) is 24.5 Å². The van der Waals surface area contributed by atoms with Crippen LogP contribution >= 0.6 is 12.2 Å². The molecule has 1 heterocycles. The summed E-state index contributed by atoms with van der Waals surface area (Å²) in [5.74, 6) is 1.62. The van der Waals surface area contributed by atoms with Crippen molar-refractivity contribution in [3.05, 3.63) is 46.9 Å². The highest BCUT2D eigenvalue weighted by Gasteiger charge is 2.16. The Balaban J connectivity index is 1.91. The highest BCUT2D eigenvalue weighted by Crippen LogP contribution is 2.30. The first-order chi connectivity index (χ1) is 10.3. The van der Waals surface area contributed by atoms with Crippen LogP contribution < -0.4 is 0 Å². The van der Waals surface area contributed by atoms with Gasteiger partial charge in [-0.25, -0.2) is 4.98 Å². The van der Waals surface area contributed by atoms with Crippen LogP contribution in [0.1, 0.15) is 56.7 Å². The summed E-state index contributed by atoms with van der Waals surface area (Å²) in [6.45, 7) is 0. The Labute approximate surface area is 131 Å². The quantitative estimate of drug-likeness (QED) is 0.727. The molecule has 0 saturated heterocycles. The molecule has 110 valence electrons. The number of hydrogen-bond acceptors (Lipinski definition) is 2. The molecule has 1 aromatic carbocycles. The fraction of sp³-hybridized carbons (Fsp3) is 0.444. The van der Waals surface area contributed by atoms with E-state index in [1.807, 2.05) is 12.1 Å². The summed E-state index contributed by atoms with van der Waals surface area (Å²) in [7, 11) is 0. The summed E-state index contributed by atoms with van der Waals surface area (Å²) in [4.78, 5) is 8.16. The molecule has 1 aliphatic carbocycles. The van der Waals surface area contributed by atoms with Crippen molar-refractivity contribution in [3.8, 4) is 11.3 Å². The molecule has 0 amide bonds. The summed E-state index contributed by atoms with van der Waals surface area (Å²) >= 11 is 5.39. The van der Waals surface area contributed by atoms with E-state index in [0.717, 1.165) is 11.5 Å². The third-order valence-electron chi connectivity index (χ3n) is 4.34. The Morgan fingerprint density at radius 1 is 0.952 bits per heavy atom. The van der Waals surface area contributed by atoms with Crippen molar-refractivity contribution in [3.63, 3.8) is 0 Å². The monoisotopic (exact) mass is 298 g/mol. The van der Waals surface area contributed by atoms with E-state index in [2.05, 4.69) is 34.2 Å². The van der Waals surface area contributed by atoms with E-state index in [1.165, 1.54) is 50.5 Å². The van der Waals surface area contributed by atoms with Crippen molar-refractivity contribution in [1.29, 1.82) is 0 Å². The van der Waals surface area contributed by atoms with E-state index in [1.54, 1.807) is 0 Å². The Morgan fingerprint density at radius 2 is 1.62 bits per heavy atom. The molecule has 0 spiro atoms. The topological polar surface area (TPSA) is 28.7 Å². The summed E-state index contributed by atoms with van der Waals surface area (Å²) in [5, 5.41) is 0. The van der Waals surface area contributed by atoms with Crippen LogP contribution in [-0.2, 0) is 0 Å². The van der Waals surface area contributed by atoms with Crippen LogP contribution in [0.5, 0.6) is 0 Å². The van der Waals surface area contributed by atoms with Gasteiger partial charge in [0.05, 0.1) is 0 Å². The molecule has 21 heavy (non-hydrogen) atoms. The van der Waals surface area contributed by atoms with Gasteiger partial charge in [-0.15, -0.1) is 0 Å². The van der Waals surface area contributed by atoms with E-state index in [0.29, 0.717) is 10.6 Å². The number of benzene rings is 1. The molecule has 2 nitrogen and oxygen atoms in total. The maximum atomic E-state index is 5.39. The molecule has 1 aliphatic rings. The molecule has 0 bridgehead atoms. The normalized spacial score (nSPS) is 17.1. The van der Waals surface area contributed by atoms with Gasteiger partial charge in [0.25, 0.3) is 0 Å². The van der Waals surface area contributed by atoms with Gasteiger partial charge in [0.2, 0.25) is 0 Å². The first kappa shape index (κ1) is 14.5. The second-order valence-corrected chi connectivity index (χ2v) is 6.34. The van der Waals surface area contributed by atoms with Crippen LogP contribution in [0, 0.1) is 4.64 Å². The fourth-order valence-electron chi connectivity index (χ4n) is 3.17. The fourth-order valence-corrected chi connectivity index (χ4v) is 3.39. The van der Waals surface area contributed by atoms with Crippen molar-refractivity contribution in [2.75, 3.05) is 0 Å². The van der Waals surface area contributed by atoms with Crippen LogP contribution in [0.4, 0.5) is 0 Å². The van der Waals surface area contributed by atoms with Gasteiger partial charge >= 0.3 is 0 Å². The average molecular weight is 298 g/mol. The van der Waals surface area contributed by atoms with Crippen molar-refractivity contribution < 1.29 is 0 Å². The second-order valence-electron chi connectivity index (χ2n) is 5.93. The van der Waals surface area contributed by atoms with Gasteiger partial charge in [0.1, 0.15) is 10.5 Å². The molecule has 2 aromatic rings. The maximum absolute atomic E-state index is 5.39. The molecule has 0 unspecified atom stereocenters. The van der Waals surface area contributed by atoms with Gasteiger partial charge in [-0.2, -0.15) is 0 Å². The molecule has 3 heteroatoms. The third-order valence-corrected chi connectivity index (χ3v) is 4.55. The third kappa shape index (κ3) is 3.79. The van der Waals surface area contributed by atoms with E-state index in [-0.39, 0.29) is 0 Å². The number of nitrogens with one attached hydrogen (secondary N) is 1. The zero-order chi connectivity index (χ0) is 14.5. The minimum Gasteiger partial charge on any atom is -0.343 e. The molecule has 1 N–H and O–H groups in total. The summed E-state index contributed by atoms with van der Waals surface area (Å²) in [6.07, 6.45) is 9.18. The van der Waals surface area contributed by atoms with Gasteiger partial charge < -0.3 is 4.98 Å². The van der Waals surface area contributed by atoms with E-state index in [9.17, 15) is 0 Å². The summed E-state index contributed by atoms with van der Waals surface area (Å²) in [5.41, 5.74) is 2.27. The lowest BCUT2D eigenvalue weighted by molar-refractivity contribution is 0.442. The number of aromatic amines is 1. The zero-order valence-electron chi connectivity index (χ0n) is 12.3. The molecule has 3 rings (SSSR count). The first-order valence-electron chi connectivity index (χ1n) is 7.99. The summed E-state index contributed by atoms with van der Waals surface area (Å²) < 4.78 is 0.699. The van der Waals surface area contributed by atoms with Crippen LogP contribution in [0.2, 0.25) is 0 Å². The number of hydrogen-bond donors (Lipinski definition) is 1. The van der Waals surface area contributed by atoms with E-state index in [4.69, 9.17) is 12.2 Å². The molecule has 0 atom stereocenters. The van der Waals surface area contributed by atoms with Gasteiger partial charge in [-0.1, -0.05) is 74.7 Å². The molecule has 0 aliphatic heterocycles. The number of nitrogens with zero attached hydrogens (tertiary/aromatic N) is 1. The average Bonchev–Trinajstić information content (AvgIpc) is 2.47. The Kier molecular flexibility index (Phi) is 4.81. The lowest BCUT2D eigenvalue weighted by Gasteiger charge is -2.19. The van der Waals surface area contributed by atoms with E-state index >= 15 is 0 Å². The Hall–Kier alpha value is -1.48. The smallest absolute Gasteiger partial charge is 0.130 e. The highest BCUT2D eigenvalue weighted by atomic mass is 32.1. The largest absolute Gasteiger partial charge is 0.343 e. The lowest BCUT2D eigenvalue weighted by Crippen LogP contribution is -2.08. The van der Waals surface area contributed by atoms with E-state index < -0.39 is 0 Å². The Bertz CT molecular complexity index is 625. The predicted octanol–water partition coefficient (Wildman–Crippen LogP) is 5.63. The number of H-pyrrole nitrogens is 1.